The van der Waals surface area contributed by atoms with Crippen molar-refractivity contribution >= 4 is 22.6 Å². The number of nitrogens with two attached hydrogens (primary N) is 3. The molecule has 2 heterocycles. The summed E-state index contributed by atoms with van der Waals surface area (Å²) < 4.78 is 11.9. The quantitative estimate of drug-likeness (QED) is 0.605. The lowest BCUT2D eigenvalue weighted by Gasteiger charge is -2.32. The van der Waals surface area contributed by atoms with Crippen molar-refractivity contribution in [1.82, 2.24) is 9.88 Å². The Morgan fingerprint density at radius 2 is 1.90 bits per heavy atom. The Balaban J connectivity index is 1.83. The zero-order valence-electron chi connectivity index (χ0n) is 16.6. The van der Waals surface area contributed by atoms with Gasteiger partial charge in [0, 0.05) is 37.5 Å². The molecule has 156 valence electrons. The Hall–Kier alpha value is -2.91. The average molecular weight is 401 g/mol. The number of benzene rings is 1. The number of aromatic nitrogens is 1. The first-order valence-corrected chi connectivity index (χ1v) is 9.62. The minimum atomic E-state index is -0.994. The molecule has 9 nitrogen and oxygen atoms in total. The summed E-state index contributed by atoms with van der Waals surface area (Å²) in [5.41, 5.74) is 16.8. The molecule has 6 N–H and O–H groups in total. The topological polar surface area (TPSA) is 147 Å². The number of nitrogens with zero attached hydrogens (tertiary/aromatic N) is 2. The fraction of sp³-hybridized carbons (Fsp3) is 0.450. The predicted molar refractivity (Wildman–Crippen MR) is 108 cm³/mol. The smallest absolute Gasteiger partial charge is 0.254 e. The number of hydrogen-bond acceptors (Lipinski definition) is 7. The number of piperidine rings is 1. The van der Waals surface area contributed by atoms with Crippen molar-refractivity contribution in [3.05, 3.63) is 30.0 Å². The highest BCUT2D eigenvalue weighted by atomic mass is 16.5. The Labute approximate surface area is 169 Å². The van der Waals surface area contributed by atoms with E-state index in [-0.39, 0.29) is 18.1 Å². The number of hydrogen-bond donors (Lipinski definition) is 3. The second-order valence-corrected chi connectivity index (χ2v) is 7.38. The molecule has 1 aromatic carbocycles. The van der Waals surface area contributed by atoms with Gasteiger partial charge in [0.25, 0.3) is 11.8 Å². The molecule has 0 aliphatic carbocycles. The van der Waals surface area contributed by atoms with Crippen LogP contribution in [-0.2, 0) is 4.79 Å². The van der Waals surface area contributed by atoms with E-state index in [1.165, 1.54) is 0 Å². The van der Waals surface area contributed by atoms with Crippen molar-refractivity contribution in [2.45, 2.75) is 45.1 Å². The fourth-order valence-electron chi connectivity index (χ4n) is 3.38. The molecule has 0 saturated carbocycles. The van der Waals surface area contributed by atoms with E-state index in [9.17, 15) is 9.59 Å². The molecule has 1 saturated heterocycles. The highest BCUT2D eigenvalue weighted by Crippen LogP contribution is 2.32. The summed E-state index contributed by atoms with van der Waals surface area (Å²) in [5.74, 6) is 0.0285. The first kappa shape index (κ1) is 20.8. The van der Waals surface area contributed by atoms with Gasteiger partial charge in [-0.05, 0) is 37.4 Å². The number of likely N-dealkylation sites (tertiary alicyclic amines) is 1. The molecule has 0 radical (unpaired) electrons. The molecule has 9 heteroatoms. The summed E-state index contributed by atoms with van der Waals surface area (Å²) in [5, 5.41) is 1.51. The SMILES string of the molecule is CC(C)Oc1cc2c(OC3CCN(C(=O)C(N)N)CC3)nccc2cc1C(N)=O. The second kappa shape index (κ2) is 8.62. The van der Waals surface area contributed by atoms with Crippen LogP contribution >= 0.6 is 0 Å². The van der Waals surface area contributed by atoms with Gasteiger partial charge in [-0.15, -0.1) is 0 Å². The van der Waals surface area contributed by atoms with Crippen molar-refractivity contribution < 1.29 is 19.1 Å². The molecular formula is C20H27N5O4. The third-order valence-corrected chi connectivity index (χ3v) is 4.77. The maximum atomic E-state index is 11.9. The van der Waals surface area contributed by atoms with Gasteiger partial charge in [0.2, 0.25) is 5.88 Å². The predicted octanol–water partition coefficient (Wildman–Crippen LogP) is 0.734. The van der Waals surface area contributed by atoms with Gasteiger partial charge in [0.05, 0.1) is 11.7 Å². The largest absolute Gasteiger partial charge is 0.490 e. The summed E-state index contributed by atoms with van der Waals surface area (Å²) in [4.78, 5) is 29.8. The Morgan fingerprint density at radius 3 is 2.48 bits per heavy atom. The van der Waals surface area contributed by atoms with E-state index in [0.29, 0.717) is 43.1 Å². The third-order valence-electron chi connectivity index (χ3n) is 4.77. The number of pyridine rings is 1. The number of fused-ring (bicyclic) bond motifs is 1. The molecule has 29 heavy (non-hydrogen) atoms. The lowest BCUT2D eigenvalue weighted by molar-refractivity contribution is -0.134. The molecule has 0 bridgehead atoms. The summed E-state index contributed by atoms with van der Waals surface area (Å²) in [6.07, 6.45) is 1.69. The molecule has 2 amide bonds. The van der Waals surface area contributed by atoms with Gasteiger partial charge in [-0.2, -0.15) is 0 Å². The van der Waals surface area contributed by atoms with Gasteiger partial charge in [0.1, 0.15) is 18.0 Å². The first-order valence-electron chi connectivity index (χ1n) is 9.62. The van der Waals surface area contributed by atoms with Gasteiger partial charge < -0.3 is 31.6 Å². The van der Waals surface area contributed by atoms with Gasteiger partial charge in [-0.25, -0.2) is 4.98 Å². The second-order valence-electron chi connectivity index (χ2n) is 7.38. The maximum absolute atomic E-state index is 11.9. The molecule has 0 spiro atoms. The van der Waals surface area contributed by atoms with Crippen LogP contribution in [0.5, 0.6) is 11.6 Å². The number of carbonyl (C=O) groups excluding carboxylic acids is 2. The monoisotopic (exact) mass is 401 g/mol. The lowest BCUT2D eigenvalue weighted by atomic mass is 10.1. The number of carbonyl (C=O) groups is 2. The molecule has 1 aromatic heterocycles. The molecule has 0 atom stereocenters. The number of primary amides is 1. The van der Waals surface area contributed by atoms with E-state index in [0.717, 1.165) is 10.8 Å². The van der Waals surface area contributed by atoms with Crippen LogP contribution in [-0.4, -0.2) is 53.2 Å². The van der Waals surface area contributed by atoms with E-state index < -0.39 is 12.1 Å². The molecular weight excluding hydrogens is 374 g/mol. The summed E-state index contributed by atoms with van der Waals surface area (Å²) in [7, 11) is 0. The molecule has 1 fully saturated rings. The zero-order chi connectivity index (χ0) is 21.1. The standard InChI is InChI=1S/C20H27N5O4/c1-11(2)28-16-10-14-12(9-15(16)18(23)26)3-6-24-19(14)29-13-4-7-25(8-5-13)20(27)17(21)22/h3,6,9-11,13,17H,4-5,7-8,21-22H2,1-2H3,(H2,23,26). The van der Waals surface area contributed by atoms with Crippen LogP contribution < -0.4 is 26.7 Å². The number of amides is 2. The highest BCUT2D eigenvalue weighted by Gasteiger charge is 2.26. The zero-order valence-corrected chi connectivity index (χ0v) is 16.6. The van der Waals surface area contributed by atoms with Crippen LogP contribution in [0.4, 0.5) is 0 Å². The third kappa shape index (κ3) is 4.75. The fourth-order valence-corrected chi connectivity index (χ4v) is 3.38. The van der Waals surface area contributed by atoms with Crippen molar-refractivity contribution in [2.24, 2.45) is 17.2 Å². The van der Waals surface area contributed by atoms with E-state index in [2.05, 4.69) is 4.98 Å². The summed E-state index contributed by atoms with van der Waals surface area (Å²) >= 11 is 0. The van der Waals surface area contributed by atoms with Gasteiger partial charge in [-0.3, -0.25) is 9.59 Å². The average Bonchev–Trinajstić information content (AvgIpc) is 2.67. The van der Waals surface area contributed by atoms with Crippen molar-refractivity contribution in [2.75, 3.05) is 13.1 Å². The van der Waals surface area contributed by atoms with Crippen LogP contribution in [0.25, 0.3) is 10.8 Å². The van der Waals surface area contributed by atoms with Crippen LogP contribution in [0.3, 0.4) is 0 Å². The first-order chi connectivity index (χ1) is 13.8. The van der Waals surface area contributed by atoms with Crippen LogP contribution in [0.2, 0.25) is 0 Å². The molecule has 0 unspecified atom stereocenters. The van der Waals surface area contributed by atoms with Crippen LogP contribution in [0.15, 0.2) is 24.4 Å². The molecule has 1 aliphatic rings. The van der Waals surface area contributed by atoms with Crippen molar-refractivity contribution in [1.29, 1.82) is 0 Å². The normalized spacial score (nSPS) is 15.2. The van der Waals surface area contributed by atoms with Crippen molar-refractivity contribution in [3.63, 3.8) is 0 Å². The molecule has 3 rings (SSSR count). The number of rotatable bonds is 6. The van der Waals surface area contributed by atoms with E-state index in [1.54, 1.807) is 29.3 Å². The van der Waals surface area contributed by atoms with Gasteiger partial charge in [-0.1, -0.05) is 0 Å². The number of ether oxygens (including phenoxy) is 2. The van der Waals surface area contributed by atoms with Crippen LogP contribution in [0.1, 0.15) is 37.0 Å². The van der Waals surface area contributed by atoms with Crippen molar-refractivity contribution in [3.8, 4) is 11.6 Å². The summed E-state index contributed by atoms with van der Waals surface area (Å²) in [6, 6.07) is 5.22. The minimum Gasteiger partial charge on any atom is -0.490 e. The van der Waals surface area contributed by atoms with Crippen LogP contribution in [0, 0.1) is 0 Å². The Bertz CT molecular complexity index is 907. The molecule has 1 aliphatic heterocycles. The van der Waals surface area contributed by atoms with E-state index in [1.807, 2.05) is 13.8 Å². The Morgan fingerprint density at radius 1 is 1.21 bits per heavy atom. The lowest BCUT2D eigenvalue weighted by Crippen LogP contribution is -2.52. The maximum Gasteiger partial charge on any atom is 0.254 e. The van der Waals surface area contributed by atoms with E-state index in [4.69, 9.17) is 26.7 Å². The van der Waals surface area contributed by atoms with Gasteiger partial charge in [0.15, 0.2) is 0 Å². The van der Waals surface area contributed by atoms with Gasteiger partial charge >= 0.3 is 0 Å². The minimum absolute atomic E-state index is 0.101. The van der Waals surface area contributed by atoms with E-state index >= 15 is 0 Å². The summed E-state index contributed by atoms with van der Waals surface area (Å²) in [6.45, 7) is 4.79. The Kier molecular flexibility index (Phi) is 6.19. The molecule has 2 aromatic rings. The highest BCUT2D eigenvalue weighted by molar-refractivity contribution is 6.01.